The maximum Gasteiger partial charge on any atom is 0.264 e. The van der Waals surface area contributed by atoms with Gasteiger partial charge >= 0.3 is 0 Å². The first-order valence-corrected chi connectivity index (χ1v) is 10.8. The van der Waals surface area contributed by atoms with E-state index in [9.17, 15) is 13.2 Å². The molecular formula is C19H26N2O4S. The predicted molar refractivity (Wildman–Crippen MR) is 97.6 cm³/mol. The Morgan fingerprint density at radius 3 is 2.08 bits per heavy atom. The molecule has 7 heteroatoms. The Balaban J connectivity index is 1.45. The molecule has 0 aliphatic heterocycles. The molecule has 4 fully saturated rings. The van der Waals surface area contributed by atoms with E-state index < -0.39 is 10.0 Å². The highest BCUT2D eigenvalue weighted by Gasteiger charge is 2.50. The van der Waals surface area contributed by atoms with Gasteiger partial charge in [-0.2, -0.15) is 0 Å². The summed E-state index contributed by atoms with van der Waals surface area (Å²) in [4.78, 5) is 17.8. The number of sulfonamides is 1. The van der Waals surface area contributed by atoms with Crippen LogP contribution in [0.3, 0.4) is 0 Å². The molecule has 4 aliphatic carbocycles. The molecule has 0 unspecified atom stereocenters. The second-order valence-electron chi connectivity index (χ2n) is 8.07. The average molecular weight is 378 g/mol. The molecule has 5 rings (SSSR count). The van der Waals surface area contributed by atoms with E-state index in [2.05, 4.69) is 5.32 Å². The first kappa shape index (κ1) is 17.9. The number of anilines is 1. The number of nitrogens with zero attached hydrogens (tertiary/aromatic N) is 1. The van der Waals surface area contributed by atoms with Crippen LogP contribution in [0.25, 0.3) is 0 Å². The first-order valence-electron chi connectivity index (χ1n) is 9.32. The lowest BCUT2D eigenvalue weighted by atomic mass is 9.51. The first-order chi connectivity index (χ1) is 12.4. The molecule has 0 saturated heterocycles. The molecule has 0 aromatic heterocycles. The summed E-state index contributed by atoms with van der Waals surface area (Å²) < 4.78 is 25.3. The Morgan fingerprint density at radius 2 is 1.58 bits per heavy atom. The van der Waals surface area contributed by atoms with Crippen molar-refractivity contribution in [2.45, 2.75) is 37.0 Å². The van der Waals surface area contributed by atoms with Crippen molar-refractivity contribution in [2.24, 2.45) is 29.6 Å². The van der Waals surface area contributed by atoms with E-state index in [1.54, 1.807) is 12.1 Å². The van der Waals surface area contributed by atoms with Gasteiger partial charge in [0, 0.05) is 18.7 Å². The lowest BCUT2D eigenvalue weighted by Gasteiger charge is -2.53. The number of nitrogens with one attached hydrogen (secondary N) is 1. The summed E-state index contributed by atoms with van der Waals surface area (Å²) >= 11 is 0. The topological polar surface area (TPSA) is 75.7 Å². The van der Waals surface area contributed by atoms with Gasteiger partial charge in [0.2, 0.25) is 5.91 Å². The van der Waals surface area contributed by atoms with Crippen LogP contribution >= 0.6 is 0 Å². The minimum Gasteiger partial charge on any atom is -0.326 e. The van der Waals surface area contributed by atoms with Gasteiger partial charge in [0.05, 0.1) is 12.0 Å². The third-order valence-corrected chi connectivity index (χ3v) is 8.24. The highest BCUT2D eigenvalue weighted by atomic mass is 32.2. The standard InChI is InChI=1S/C19H26N2O4S/c1-21(25-2)26(23,24)17-5-3-16(4-6-17)20-19(22)18-14-8-12-7-13(10-14)11-15(18)9-12/h3-6,12-15,18H,7-11H2,1-2H3,(H,20,22). The summed E-state index contributed by atoms with van der Waals surface area (Å²) in [5.74, 6) is 2.95. The quantitative estimate of drug-likeness (QED) is 0.800. The average Bonchev–Trinajstić information content (AvgIpc) is 2.60. The van der Waals surface area contributed by atoms with E-state index in [-0.39, 0.29) is 16.7 Å². The Hall–Kier alpha value is -1.44. The van der Waals surface area contributed by atoms with Crippen molar-refractivity contribution in [3.63, 3.8) is 0 Å². The largest absolute Gasteiger partial charge is 0.326 e. The number of hydrogen-bond acceptors (Lipinski definition) is 4. The van der Waals surface area contributed by atoms with Gasteiger partial charge in [0.1, 0.15) is 0 Å². The van der Waals surface area contributed by atoms with Crippen molar-refractivity contribution in [1.82, 2.24) is 4.47 Å². The van der Waals surface area contributed by atoms with Gasteiger partial charge in [0.25, 0.3) is 10.0 Å². The van der Waals surface area contributed by atoms with Gasteiger partial charge < -0.3 is 5.32 Å². The van der Waals surface area contributed by atoms with Crippen molar-refractivity contribution in [3.8, 4) is 0 Å². The van der Waals surface area contributed by atoms with Gasteiger partial charge in [-0.05, 0) is 80.0 Å². The zero-order valence-corrected chi connectivity index (χ0v) is 16.0. The molecule has 1 aromatic rings. The third-order valence-electron chi connectivity index (χ3n) is 6.54. The van der Waals surface area contributed by atoms with Crippen LogP contribution in [-0.2, 0) is 19.7 Å². The molecule has 142 valence electrons. The molecular weight excluding hydrogens is 352 g/mol. The molecule has 4 saturated carbocycles. The third kappa shape index (κ3) is 3.06. The summed E-state index contributed by atoms with van der Waals surface area (Å²) in [5.41, 5.74) is 0.642. The molecule has 6 nitrogen and oxygen atoms in total. The number of carbonyl (C=O) groups is 1. The molecule has 1 amide bonds. The van der Waals surface area contributed by atoms with Crippen LogP contribution in [0.4, 0.5) is 5.69 Å². The SMILES string of the molecule is CON(C)S(=O)(=O)c1ccc(NC(=O)C2C3CC4CC(C3)CC2C4)cc1. The van der Waals surface area contributed by atoms with Gasteiger partial charge in [-0.25, -0.2) is 8.42 Å². The van der Waals surface area contributed by atoms with Gasteiger partial charge in [-0.1, -0.05) is 4.47 Å². The second-order valence-corrected chi connectivity index (χ2v) is 10.0. The van der Waals surface area contributed by atoms with Crippen LogP contribution in [0.2, 0.25) is 0 Å². The van der Waals surface area contributed by atoms with Crippen molar-refractivity contribution < 1.29 is 18.0 Å². The lowest BCUT2D eigenvalue weighted by Crippen LogP contribution is -2.49. The molecule has 26 heavy (non-hydrogen) atoms. The molecule has 0 radical (unpaired) electrons. The van der Waals surface area contributed by atoms with E-state index in [1.165, 1.54) is 58.4 Å². The Morgan fingerprint density at radius 1 is 1.04 bits per heavy atom. The van der Waals surface area contributed by atoms with Gasteiger partial charge in [-0.15, -0.1) is 0 Å². The van der Waals surface area contributed by atoms with Crippen LogP contribution in [0.15, 0.2) is 29.2 Å². The maximum atomic E-state index is 12.9. The summed E-state index contributed by atoms with van der Waals surface area (Å²) in [6.07, 6.45) is 6.17. The van der Waals surface area contributed by atoms with Gasteiger partial charge in [-0.3, -0.25) is 9.63 Å². The number of amides is 1. The number of rotatable bonds is 5. The fraction of sp³-hybridized carbons (Fsp3) is 0.632. The minimum atomic E-state index is -3.67. The number of carbonyl (C=O) groups excluding carboxylic acids is 1. The van der Waals surface area contributed by atoms with Crippen molar-refractivity contribution >= 4 is 21.6 Å². The Kier molecular flexibility index (Phi) is 4.57. The van der Waals surface area contributed by atoms with Crippen LogP contribution in [0.5, 0.6) is 0 Å². The van der Waals surface area contributed by atoms with E-state index in [0.29, 0.717) is 17.5 Å². The molecule has 0 spiro atoms. The van der Waals surface area contributed by atoms with E-state index in [4.69, 9.17) is 4.84 Å². The zero-order chi connectivity index (χ0) is 18.5. The smallest absolute Gasteiger partial charge is 0.264 e. The highest BCUT2D eigenvalue weighted by molar-refractivity contribution is 7.89. The highest BCUT2D eigenvalue weighted by Crippen LogP contribution is 2.56. The minimum absolute atomic E-state index is 0.100. The lowest BCUT2D eigenvalue weighted by molar-refractivity contribution is -0.132. The van der Waals surface area contributed by atoms with Crippen LogP contribution in [0, 0.1) is 29.6 Å². The summed E-state index contributed by atoms with van der Waals surface area (Å²) in [6.45, 7) is 0. The summed E-state index contributed by atoms with van der Waals surface area (Å²) in [7, 11) is -1.02. The summed E-state index contributed by atoms with van der Waals surface area (Å²) in [5, 5.41) is 3.01. The molecule has 4 aliphatic rings. The second kappa shape index (κ2) is 6.62. The maximum absolute atomic E-state index is 12.9. The Labute approximate surface area is 154 Å². The van der Waals surface area contributed by atoms with Crippen LogP contribution in [-0.4, -0.2) is 33.0 Å². The number of hydrogen-bond donors (Lipinski definition) is 1. The normalized spacial score (nSPS) is 32.8. The van der Waals surface area contributed by atoms with E-state index in [1.807, 2.05) is 0 Å². The number of hydroxylamine groups is 1. The summed E-state index contributed by atoms with van der Waals surface area (Å²) in [6, 6.07) is 6.28. The zero-order valence-electron chi connectivity index (χ0n) is 15.2. The number of benzene rings is 1. The molecule has 1 aromatic carbocycles. The predicted octanol–water partition coefficient (Wildman–Crippen LogP) is 2.88. The molecule has 0 heterocycles. The van der Waals surface area contributed by atoms with Crippen molar-refractivity contribution in [1.29, 1.82) is 0 Å². The van der Waals surface area contributed by atoms with Crippen LogP contribution < -0.4 is 5.32 Å². The van der Waals surface area contributed by atoms with E-state index in [0.717, 1.165) is 16.3 Å². The van der Waals surface area contributed by atoms with Gasteiger partial charge in [0.15, 0.2) is 0 Å². The monoisotopic (exact) mass is 378 g/mol. The molecule has 4 bridgehead atoms. The van der Waals surface area contributed by atoms with Crippen molar-refractivity contribution in [3.05, 3.63) is 24.3 Å². The fourth-order valence-corrected chi connectivity index (χ4v) is 6.51. The van der Waals surface area contributed by atoms with Crippen LogP contribution in [0.1, 0.15) is 32.1 Å². The van der Waals surface area contributed by atoms with E-state index >= 15 is 0 Å². The van der Waals surface area contributed by atoms with Crippen molar-refractivity contribution in [2.75, 3.05) is 19.5 Å². The molecule has 0 atom stereocenters. The Bertz CT molecular complexity index is 762. The fourth-order valence-electron chi connectivity index (χ4n) is 5.54. The molecule has 1 N–H and O–H groups in total.